The molecule has 0 aliphatic heterocycles. The third-order valence-corrected chi connectivity index (χ3v) is 2.99. The Kier molecular flexibility index (Phi) is 3.92. The van der Waals surface area contributed by atoms with E-state index in [4.69, 9.17) is 10.5 Å². The Bertz CT molecular complexity index is 401. The number of nitrogens with two attached hydrogens (primary N) is 1. The van der Waals surface area contributed by atoms with Crippen LogP contribution in [0, 0.1) is 5.92 Å². The molecule has 1 saturated carbocycles. The molecule has 2 N–H and O–H groups in total. The zero-order chi connectivity index (χ0) is 13.2. The summed E-state index contributed by atoms with van der Waals surface area (Å²) in [6, 6.07) is 4.59. The lowest BCUT2D eigenvalue weighted by Gasteiger charge is -2.14. The first-order valence-corrected chi connectivity index (χ1v) is 5.97. The first-order chi connectivity index (χ1) is 8.47. The minimum atomic E-state index is -4.33. The van der Waals surface area contributed by atoms with Crippen molar-refractivity contribution in [3.8, 4) is 0 Å². The predicted octanol–water partition coefficient (Wildman–Crippen LogP) is 3.13. The molecule has 100 valence electrons. The van der Waals surface area contributed by atoms with E-state index in [9.17, 15) is 13.2 Å². The molecule has 0 aromatic heterocycles. The number of alkyl halides is 3. The van der Waals surface area contributed by atoms with Crippen LogP contribution in [0.5, 0.6) is 0 Å². The van der Waals surface area contributed by atoms with Crippen LogP contribution in [0.1, 0.15) is 30.0 Å². The zero-order valence-electron chi connectivity index (χ0n) is 9.91. The van der Waals surface area contributed by atoms with Gasteiger partial charge >= 0.3 is 6.18 Å². The van der Waals surface area contributed by atoms with Crippen molar-refractivity contribution in [3.05, 3.63) is 35.4 Å². The number of benzene rings is 1. The second kappa shape index (κ2) is 5.28. The van der Waals surface area contributed by atoms with E-state index in [0.717, 1.165) is 12.1 Å². The molecule has 1 aromatic carbocycles. The standard InChI is InChI=1S/C13H16F3NO/c14-13(15,16)11-3-1-2-10(6-11)12(17)8-18-7-9-4-5-9/h1-3,6,9,12H,4-5,7-8,17H2/t12-/m1/s1. The fourth-order valence-corrected chi connectivity index (χ4v) is 1.69. The SMILES string of the molecule is N[C@H](COCC1CC1)c1cccc(C(F)(F)F)c1. The van der Waals surface area contributed by atoms with Gasteiger partial charge in [0, 0.05) is 6.61 Å². The van der Waals surface area contributed by atoms with Crippen LogP contribution in [0.2, 0.25) is 0 Å². The molecule has 1 atom stereocenters. The molecule has 1 aliphatic carbocycles. The van der Waals surface area contributed by atoms with Gasteiger partial charge in [-0.3, -0.25) is 0 Å². The highest BCUT2D eigenvalue weighted by Crippen LogP contribution is 2.31. The van der Waals surface area contributed by atoms with E-state index in [1.807, 2.05) is 0 Å². The molecule has 0 radical (unpaired) electrons. The molecule has 0 spiro atoms. The molecular formula is C13H16F3NO. The normalized spacial score (nSPS) is 17.8. The minimum Gasteiger partial charge on any atom is -0.379 e. The van der Waals surface area contributed by atoms with Gasteiger partial charge in [-0.25, -0.2) is 0 Å². The molecule has 0 heterocycles. The van der Waals surface area contributed by atoms with Gasteiger partial charge in [-0.15, -0.1) is 0 Å². The van der Waals surface area contributed by atoms with E-state index in [-0.39, 0.29) is 6.61 Å². The Balaban J connectivity index is 1.93. The van der Waals surface area contributed by atoms with Gasteiger partial charge in [-0.1, -0.05) is 12.1 Å². The minimum absolute atomic E-state index is 0.262. The Morgan fingerprint density at radius 1 is 1.33 bits per heavy atom. The van der Waals surface area contributed by atoms with E-state index in [1.165, 1.54) is 18.9 Å². The summed E-state index contributed by atoms with van der Waals surface area (Å²) in [5.41, 5.74) is 5.61. The van der Waals surface area contributed by atoms with E-state index in [0.29, 0.717) is 18.1 Å². The smallest absolute Gasteiger partial charge is 0.379 e. The van der Waals surface area contributed by atoms with Crippen LogP contribution in [-0.2, 0) is 10.9 Å². The second-order valence-electron chi connectivity index (χ2n) is 4.71. The van der Waals surface area contributed by atoms with Crippen molar-refractivity contribution in [3.63, 3.8) is 0 Å². The highest BCUT2D eigenvalue weighted by Gasteiger charge is 2.30. The van der Waals surface area contributed by atoms with Crippen molar-refractivity contribution < 1.29 is 17.9 Å². The fraction of sp³-hybridized carbons (Fsp3) is 0.538. The lowest BCUT2D eigenvalue weighted by molar-refractivity contribution is -0.137. The van der Waals surface area contributed by atoms with Crippen LogP contribution < -0.4 is 5.73 Å². The summed E-state index contributed by atoms with van der Waals surface area (Å²) in [4.78, 5) is 0. The van der Waals surface area contributed by atoms with E-state index in [2.05, 4.69) is 0 Å². The lowest BCUT2D eigenvalue weighted by Crippen LogP contribution is -2.18. The Hall–Kier alpha value is -1.07. The summed E-state index contributed by atoms with van der Waals surface area (Å²) in [6.07, 6.45) is -1.97. The van der Waals surface area contributed by atoms with Gasteiger partial charge in [0.1, 0.15) is 0 Å². The summed E-state index contributed by atoms with van der Waals surface area (Å²) in [7, 11) is 0. The van der Waals surface area contributed by atoms with Crippen LogP contribution in [0.25, 0.3) is 0 Å². The molecule has 5 heteroatoms. The van der Waals surface area contributed by atoms with Gasteiger partial charge in [0.2, 0.25) is 0 Å². The van der Waals surface area contributed by atoms with Crippen molar-refractivity contribution in [2.45, 2.75) is 25.1 Å². The third-order valence-electron chi connectivity index (χ3n) is 2.99. The van der Waals surface area contributed by atoms with Crippen molar-refractivity contribution in [1.82, 2.24) is 0 Å². The van der Waals surface area contributed by atoms with Crippen molar-refractivity contribution in [1.29, 1.82) is 0 Å². The molecule has 2 nitrogen and oxygen atoms in total. The van der Waals surface area contributed by atoms with E-state index >= 15 is 0 Å². The van der Waals surface area contributed by atoms with Crippen LogP contribution >= 0.6 is 0 Å². The quantitative estimate of drug-likeness (QED) is 0.881. The maximum atomic E-state index is 12.5. The summed E-state index contributed by atoms with van der Waals surface area (Å²) < 4.78 is 43.0. The average Bonchev–Trinajstić information content (AvgIpc) is 3.12. The number of hydrogen-bond acceptors (Lipinski definition) is 2. The molecule has 1 fully saturated rings. The fourth-order valence-electron chi connectivity index (χ4n) is 1.69. The van der Waals surface area contributed by atoms with Gasteiger partial charge in [0.05, 0.1) is 18.2 Å². The number of halogens is 3. The Morgan fingerprint density at radius 3 is 2.67 bits per heavy atom. The highest BCUT2D eigenvalue weighted by atomic mass is 19.4. The van der Waals surface area contributed by atoms with Crippen LogP contribution in [0.3, 0.4) is 0 Å². The highest BCUT2D eigenvalue weighted by molar-refractivity contribution is 5.27. The molecular weight excluding hydrogens is 243 g/mol. The Morgan fingerprint density at radius 2 is 2.06 bits per heavy atom. The van der Waals surface area contributed by atoms with Gasteiger partial charge in [-0.2, -0.15) is 13.2 Å². The van der Waals surface area contributed by atoms with Crippen LogP contribution in [0.4, 0.5) is 13.2 Å². The topological polar surface area (TPSA) is 35.2 Å². The molecule has 1 aromatic rings. The summed E-state index contributed by atoms with van der Waals surface area (Å²) in [6.45, 7) is 0.921. The summed E-state index contributed by atoms with van der Waals surface area (Å²) in [5.74, 6) is 0.624. The Labute approximate surface area is 104 Å². The summed E-state index contributed by atoms with van der Waals surface area (Å²) >= 11 is 0. The van der Waals surface area contributed by atoms with Gasteiger partial charge in [-0.05, 0) is 36.5 Å². The molecule has 1 aliphatic rings. The number of rotatable bonds is 5. The molecule has 0 bridgehead atoms. The van der Waals surface area contributed by atoms with Crippen molar-refractivity contribution >= 4 is 0 Å². The molecule has 0 amide bonds. The van der Waals surface area contributed by atoms with Gasteiger partial charge in [0.25, 0.3) is 0 Å². The zero-order valence-corrected chi connectivity index (χ0v) is 9.91. The molecule has 0 unspecified atom stereocenters. The average molecular weight is 259 g/mol. The molecule has 0 saturated heterocycles. The van der Waals surface area contributed by atoms with Gasteiger partial charge in [0.15, 0.2) is 0 Å². The molecule has 18 heavy (non-hydrogen) atoms. The number of ether oxygens (including phenoxy) is 1. The van der Waals surface area contributed by atoms with E-state index in [1.54, 1.807) is 6.07 Å². The molecule has 2 rings (SSSR count). The van der Waals surface area contributed by atoms with Crippen molar-refractivity contribution in [2.75, 3.05) is 13.2 Å². The number of hydrogen-bond donors (Lipinski definition) is 1. The van der Waals surface area contributed by atoms with Crippen molar-refractivity contribution in [2.24, 2.45) is 11.7 Å². The second-order valence-corrected chi connectivity index (χ2v) is 4.71. The first kappa shape index (κ1) is 13.4. The predicted molar refractivity (Wildman–Crippen MR) is 61.9 cm³/mol. The maximum absolute atomic E-state index is 12.5. The monoisotopic (exact) mass is 259 g/mol. The maximum Gasteiger partial charge on any atom is 0.416 e. The van der Waals surface area contributed by atoms with Crippen LogP contribution in [-0.4, -0.2) is 13.2 Å². The third kappa shape index (κ3) is 3.71. The largest absolute Gasteiger partial charge is 0.416 e. The summed E-state index contributed by atoms with van der Waals surface area (Å²) in [5, 5.41) is 0. The van der Waals surface area contributed by atoms with Gasteiger partial charge < -0.3 is 10.5 Å². The van der Waals surface area contributed by atoms with Crippen LogP contribution in [0.15, 0.2) is 24.3 Å². The first-order valence-electron chi connectivity index (χ1n) is 5.97. The lowest BCUT2D eigenvalue weighted by atomic mass is 10.0. The van der Waals surface area contributed by atoms with E-state index < -0.39 is 17.8 Å².